The van der Waals surface area contributed by atoms with E-state index in [1.807, 2.05) is 19.1 Å². The molecule has 0 aliphatic carbocycles. The summed E-state index contributed by atoms with van der Waals surface area (Å²) in [6, 6.07) is 3.64. The van der Waals surface area contributed by atoms with Crippen LogP contribution < -0.4 is 0 Å². The van der Waals surface area contributed by atoms with Crippen molar-refractivity contribution in [3.05, 3.63) is 34.4 Å². The molecule has 0 amide bonds. The van der Waals surface area contributed by atoms with E-state index in [9.17, 15) is 15.0 Å². The van der Waals surface area contributed by atoms with Crippen LogP contribution in [-0.2, 0) is 22.6 Å². The molecule has 94 valence electrons. The van der Waals surface area contributed by atoms with Gasteiger partial charge in [-0.3, -0.25) is 4.79 Å². The first-order valence-corrected chi connectivity index (χ1v) is 5.47. The zero-order chi connectivity index (χ0) is 13.0. The summed E-state index contributed by atoms with van der Waals surface area (Å²) in [6.07, 6.45) is -0.568. The van der Waals surface area contributed by atoms with Crippen molar-refractivity contribution in [1.82, 2.24) is 0 Å². The summed E-state index contributed by atoms with van der Waals surface area (Å²) in [4.78, 5) is 11.3. The lowest BCUT2D eigenvalue weighted by Crippen LogP contribution is -2.10. The molecule has 0 aromatic heterocycles. The number of ether oxygens (including phenoxy) is 1. The molecule has 0 aliphatic heterocycles. The lowest BCUT2D eigenvalue weighted by Gasteiger charge is -2.16. The number of benzene rings is 1. The first kappa shape index (κ1) is 13.7. The topological polar surface area (TPSA) is 66.8 Å². The highest BCUT2D eigenvalue weighted by atomic mass is 16.5. The third kappa shape index (κ3) is 3.28. The van der Waals surface area contributed by atoms with E-state index in [1.165, 1.54) is 7.11 Å². The van der Waals surface area contributed by atoms with Gasteiger partial charge in [-0.15, -0.1) is 0 Å². The SMILES string of the molecule is COC(=O)Cc1cc(C)cc(C(C)O)c1CO. The molecule has 2 N–H and O–H groups in total. The fourth-order valence-corrected chi connectivity index (χ4v) is 1.87. The van der Waals surface area contributed by atoms with Crippen molar-refractivity contribution in [3.8, 4) is 0 Å². The van der Waals surface area contributed by atoms with Crippen LogP contribution in [0.4, 0.5) is 0 Å². The Bertz CT molecular complexity index is 410. The van der Waals surface area contributed by atoms with E-state index >= 15 is 0 Å². The van der Waals surface area contributed by atoms with Crippen molar-refractivity contribution in [2.24, 2.45) is 0 Å². The van der Waals surface area contributed by atoms with Gasteiger partial charge in [-0.05, 0) is 30.5 Å². The minimum absolute atomic E-state index is 0.105. The van der Waals surface area contributed by atoms with Gasteiger partial charge >= 0.3 is 5.97 Å². The molecule has 0 bridgehead atoms. The number of aliphatic hydroxyl groups excluding tert-OH is 2. The first-order chi connectivity index (χ1) is 7.99. The van der Waals surface area contributed by atoms with Crippen molar-refractivity contribution in [1.29, 1.82) is 0 Å². The Morgan fingerprint density at radius 1 is 1.47 bits per heavy atom. The predicted molar refractivity (Wildman–Crippen MR) is 63.5 cm³/mol. The molecule has 0 radical (unpaired) electrons. The Morgan fingerprint density at radius 3 is 2.59 bits per heavy atom. The van der Waals surface area contributed by atoms with Gasteiger partial charge in [0.15, 0.2) is 0 Å². The summed E-state index contributed by atoms with van der Waals surface area (Å²) in [7, 11) is 1.33. The molecule has 1 aromatic carbocycles. The third-order valence-corrected chi connectivity index (χ3v) is 2.69. The fraction of sp³-hybridized carbons (Fsp3) is 0.462. The number of aryl methyl sites for hydroxylation is 1. The summed E-state index contributed by atoms with van der Waals surface area (Å²) >= 11 is 0. The molecule has 0 saturated carbocycles. The Hall–Kier alpha value is -1.39. The predicted octanol–water partition coefficient (Wildman–Crippen LogP) is 1.26. The second-order valence-electron chi connectivity index (χ2n) is 4.08. The molecule has 1 unspecified atom stereocenters. The molecule has 1 rings (SSSR count). The minimum Gasteiger partial charge on any atom is -0.469 e. The number of aliphatic hydroxyl groups is 2. The molecule has 0 fully saturated rings. The summed E-state index contributed by atoms with van der Waals surface area (Å²) in [6.45, 7) is 3.32. The lowest BCUT2D eigenvalue weighted by atomic mass is 9.94. The maximum atomic E-state index is 11.3. The lowest BCUT2D eigenvalue weighted by molar-refractivity contribution is -0.139. The maximum absolute atomic E-state index is 11.3. The molecule has 4 nitrogen and oxygen atoms in total. The second-order valence-corrected chi connectivity index (χ2v) is 4.08. The standard InChI is InChI=1S/C13H18O4/c1-8-4-10(6-13(16)17-3)12(7-14)11(5-8)9(2)15/h4-5,9,14-15H,6-7H2,1-3H3. The van der Waals surface area contributed by atoms with E-state index in [1.54, 1.807) is 6.92 Å². The first-order valence-electron chi connectivity index (χ1n) is 5.47. The highest BCUT2D eigenvalue weighted by Gasteiger charge is 2.15. The number of hydrogen-bond donors (Lipinski definition) is 2. The maximum Gasteiger partial charge on any atom is 0.309 e. The van der Waals surface area contributed by atoms with Gasteiger partial charge in [-0.2, -0.15) is 0 Å². The average Bonchev–Trinajstić information content (AvgIpc) is 2.28. The van der Waals surface area contributed by atoms with Crippen molar-refractivity contribution >= 4 is 5.97 Å². The Balaban J connectivity index is 3.23. The van der Waals surface area contributed by atoms with Crippen LogP contribution in [0.2, 0.25) is 0 Å². The monoisotopic (exact) mass is 238 g/mol. The van der Waals surface area contributed by atoms with Gasteiger partial charge in [0.2, 0.25) is 0 Å². The van der Waals surface area contributed by atoms with Crippen LogP contribution >= 0.6 is 0 Å². The molecular formula is C13H18O4. The number of hydrogen-bond acceptors (Lipinski definition) is 4. The Kier molecular flexibility index (Phi) is 4.66. The second kappa shape index (κ2) is 5.80. The zero-order valence-electron chi connectivity index (χ0n) is 10.4. The van der Waals surface area contributed by atoms with Gasteiger partial charge in [0.05, 0.1) is 26.2 Å². The third-order valence-electron chi connectivity index (χ3n) is 2.69. The summed E-state index contributed by atoms with van der Waals surface area (Å²) in [5, 5.41) is 19.0. The van der Waals surface area contributed by atoms with Crippen molar-refractivity contribution in [3.63, 3.8) is 0 Å². The summed E-state index contributed by atoms with van der Waals surface area (Å²) in [5.41, 5.74) is 2.91. The molecule has 0 heterocycles. The van der Waals surface area contributed by atoms with Crippen LogP contribution in [-0.4, -0.2) is 23.3 Å². The quantitative estimate of drug-likeness (QED) is 0.775. The van der Waals surface area contributed by atoms with E-state index in [-0.39, 0.29) is 19.0 Å². The van der Waals surface area contributed by atoms with Crippen LogP contribution in [0.15, 0.2) is 12.1 Å². The number of carbonyl (C=O) groups is 1. The van der Waals surface area contributed by atoms with Crippen LogP contribution in [0, 0.1) is 6.92 Å². The molecule has 0 aliphatic rings. The number of rotatable bonds is 4. The fourth-order valence-electron chi connectivity index (χ4n) is 1.87. The Labute approximate surface area is 101 Å². The van der Waals surface area contributed by atoms with Crippen LogP contribution in [0.5, 0.6) is 0 Å². The molecule has 1 atom stereocenters. The van der Waals surface area contributed by atoms with E-state index < -0.39 is 6.10 Å². The van der Waals surface area contributed by atoms with Gasteiger partial charge in [0, 0.05) is 0 Å². The zero-order valence-corrected chi connectivity index (χ0v) is 10.4. The van der Waals surface area contributed by atoms with E-state index in [2.05, 4.69) is 4.74 Å². The van der Waals surface area contributed by atoms with Crippen molar-refractivity contribution in [2.45, 2.75) is 33.0 Å². The molecule has 0 saturated heterocycles. The number of methoxy groups -OCH3 is 1. The molecular weight excluding hydrogens is 220 g/mol. The number of carbonyl (C=O) groups excluding carboxylic acids is 1. The normalized spacial score (nSPS) is 12.3. The van der Waals surface area contributed by atoms with Crippen molar-refractivity contribution < 1.29 is 19.7 Å². The van der Waals surface area contributed by atoms with Gasteiger partial charge < -0.3 is 14.9 Å². The highest BCUT2D eigenvalue weighted by Crippen LogP contribution is 2.24. The number of esters is 1. The van der Waals surface area contributed by atoms with Crippen LogP contribution in [0.25, 0.3) is 0 Å². The molecule has 17 heavy (non-hydrogen) atoms. The molecule has 4 heteroatoms. The van der Waals surface area contributed by atoms with Gasteiger partial charge in [0.25, 0.3) is 0 Å². The molecule has 1 aromatic rings. The van der Waals surface area contributed by atoms with E-state index in [0.29, 0.717) is 16.7 Å². The highest BCUT2D eigenvalue weighted by molar-refractivity contribution is 5.73. The van der Waals surface area contributed by atoms with Crippen molar-refractivity contribution in [2.75, 3.05) is 7.11 Å². The van der Waals surface area contributed by atoms with Gasteiger partial charge in [-0.25, -0.2) is 0 Å². The largest absolute Gasteiger partial charge is 0.469 e. The van der Waals surface area contributed by atoms with Gasteiger partial charge in [0.1, 0.15) is 0 Å². The van der Waals surface area contributed by atoms with E-state index in [0.717, 1.165) is 5.56 Å². The minimum atomic E-state index is -0.673. The van der Waals surface area contributed by atoms with Crippen LogP contribution in [0.1, 0.15) is 35.3 Å². The molecule has 0 spiro atoms. The van der Waals surface area contributed by atoms with Crippen LogP contribution in [0.3, 0.4) is 0 Å². The summed E-state index contributed by atoms with van der Waals surface area (Å²) < 4.78 is 4.61. The average molecular weight is 238 g/mol. The summed E-state index contributed by atoms with van der Waals surface area (Å²) in [5.74, 6) is -0.359. The van der Waals surface area contributed by atoms with Gasteiger partial charge in [-0.1, -0.05) is 17.7 Å². The smallest absolute Gasteiger partial charge is 0.309 e. The van der Waals surface area contributed by atoms with E-state index in [4.69, 9.17) is 0 Å². The Morgan fingerprint density at radius 2 is 2.12 bits per heavy atom.